The molecule has 1 aromatic carbocycles. The summed E-state index contributed by atoms with van der Waals surface area (Å²) in [6, 6.07) is 6.03. The first-order valence-corrected chi connectivity index (χ1v) is 8.27. The summed E-state index contributed by atoms with van der Waals surface area (Å²) in [4.78, 5) is 14.2. The number of nitrogens with two attached hydrogens (primary N) is 1. The summed E-state index contributed by atoms with van der Waals surface area (Å²) >= 11 is 6.21. The van der Waals surface area contributed by atoms with E-state index in [9.17, 15) is 4.79 Å². The summed E-state index contributed by atoms with van der Waals surface area (Å²) in [6.07, 6.45) is 0.511. The highest BCUT2D eigenvalue weighted by Gasteiger charge is 2.30. The van der Waals surface area contributed by atoms with Crippen LogP contribution in [0.1, 0.15) is 38.8 Å². The SMILES string of the molecule is CN1CC(CN)CC1c1ccc(Cl)c(NC(=O)OC(C)(C)C)c1. The molecule has 3 N–H and O–H groups in total. The average Bonchev–Trinajstić information content (AvgIpc) is 2.80. The third kappa shape index (κ3) is 4.83. The van der Waals surface area contributed by atoms with Crippen LogP contribution in [0.4, 0.5) is 10.5 Å². The van der Waals surface area contributed by atoms with E-state index in [0.29, 0.717) is 29.2 Å². The predicted octanol–water partition coefficient (Wildman–Crippen LogP) is 3.64. The quantitative estimate of drug-likeness (QED) is 0.882. The lowest BCUT2D eigenvalue weighted by molar-refractivity contribution is 0.0636. The molecule has 0 radical (unpaired) electrons. The fourth-order valence-electron chi connectivity index (χ4n) is 2.93. The number of halogens is 1. The Hall–Kier alpha value is -1.30. The van der Waals surface area contributed by atoms with E-state index in [2.05, 4.69) is 17.3 Å². The van der Waals surface area contributed by atoms with Gasteiger partial charge in [0.2, 0.25) is 0 Å². The van der Waals surface area contributed by atoms with Crippen LogP contribution in [-0.2, 0) is 4.74 Å². The lowest BCUT2D eigenvalue weighted by Gasteiger charge is -2.22. The zero-order chi connectivity index (χ0) is 17.2. The minimum atomic E-state index is -0.547. The van der Waals surface area contributed by atoms with Crippen LogP contribution < -0.4 is 11.1 Å². The molecular weight excluding hydrogens is 314 g/mol. The number of hydrogen-bond donors (Lipinski definition) is 2. The minimum Gasteiger partial charge on any atom is -0.444 e. The van der Waals surface area contributed by atoms with Gasteiger partial charge in [0.05, 0.1) is 10.7 Å². The molecule has 2 unspecified atom stereocenters. The fraction of sp³-hybridized carbons (Fsp3) is 0.588. The molecule has 0 bridgehead atoms. The lowest BCUT2D eigenvalue weighted by Crippen LogP contribution is -2.27. The van der Waals surface area contributed by atoms with Crippen LogP contribution in [0.2, 0.25) is 5.02 Å². The van der Waals surface area contributed by atoms with E-state index in [-0.39, 0.29) is 0 Å². The Labute approximate surface area is 143 Å². The second-order valence-electron chi connectivity index (χ2n) is 7.16. The van der Waals surface area contributed by atoms with Gasteiger partial charge in [-0.2, -0.15) is 0 Å². The Balaban J connectivity index is 2.15. The van der Waals surface area contributed by atoms with Crippen LogP contribution in [-0.4, -0.2) is 36.7 Å². The maximum atomic E-state index is 12.0. The highest BCUT2D eigenvalue weighted by molar-refractivity contribution is 6.33. The summed E-state index contributed by atoms with van der Waals surface area (Å²) in [7, 11) is 2.09. The van der Waals surface area contributed by atoms with Gasteiger partial charge in [0, 0.05) is 12.6 Å². The monoisotopic (exact) mass is 339 g/mol. The van der Waals surface area contributed by atoms with Crippen molar-refractivity contribution in [3.05, 3.63) is 28.8 Å². The molecular formula is C17H26ClN3O2. The number of amides is 1. The molecule has 0 aromatic heterocycles. The number of rotatable bonds is 3. The molecule has 128 valence electrons. The zero-order valence-corrected chi connectivity index (χ0v) is 15.0. The Morgan fingerprint density at radius 2 is 2.17 bits per heavy atom. The topological polar surface area (TPSA) is 67.6 Å². The van der Waals surface area contributed by atoms with Gasteiger partial charge in [-0.1, -0.05) is 17.7 Å². The third-order valence-electron chi connectivity index (χ3n) is 3.98. The van der Waals surface area contributed by atoms with Gasteiger partial charge in [0.1, 0.15) is 5.60 Å². The van der Waals surface area contributed by atoms with Gasteiger partial charge in [-0.15, -0.1) is 0 Å². The highest BCUT2D eigenvalue weighted by atomic mass is 35.5. The van der Waals surface area contributed by atoms with Crippen LogP contribution in [0.25, 0.3) is 0 Å². The highest BCUT2D eigenvalue weighted by Crippen LogP contribution is 2.36. The van der Waals surface area contributed by atoms with Crippen molar-refractivity contribution in [1.29, 1.82) is 0 Å². The first kappa shape index (κ1) is 18.0. The number of hydrogen-bond acceptors (Lipinski definition) is 4. The van der Waals surface area contributed by atoms with E-state index in [1.807, 2.05) is 39.0 Å². The second kappa shape index (κ2) is 7.07. The predicted molar refractivity (Wildman–Crippen MR) is 93.8 cm³/mol. The molecule has 5 nitrogen and oxygen atoms in total. The van der Waals surface area contributed by atoms with Crippen molar-refractivity contribution in [2.75, 3.05) is 25.5 Å². The first-order valence-electron chi connectivity index (χ1n) is 7.89. The standard InChI is InChI=1S/C17H26ClN3O2/c1-17(2,3)23-16(22)20-14-8-12(5-6-13(14)18)15-7-11(9-19)10-21(15)4/h5-6,8,11,15H,7,9-10,19H2,1-4H3,(H,20,22). The largest absolute Gasteiger partial charge is 0.444 e. The van der Waals surface area contributed by atoms with E-state index in [1.54, 1.807) is 0 Å². The molecule has 1 aliphatic rings. The van der Waals surface area contributed by atoms with Crippen molar-refractivity contribution in [2.24, 2.45) is 11.7 Å². The minimum absolute atomic E-state index is 0.292. The number of nitrogens with one attached hydrogen (secondary N) is 1. The van der Waals surface area contributed by atoms with Gasteiger partial charge in [0.15, 0.2) is 0 Å². The molecule has 2 atom stereocenters. The van der Waals surface area contributed by atoms with Crippen molar-refractivity contribution in [1.82, 2.24) is 4.90 Å². The third-order valence-corrected chi connectivity index (χ3v) is 4.31. The first-order chi connectivity index (χ1) is 10.7. The Morgan fingerprint density at radius 1 is 1.48 bits per heavy atom. The fourth-order valence-corrected chi connectivity index (χ4v) is 3.09. The number of likely N-dealkylation sites (tertiary alicyclic amines) is 1. The molecule has 0 saturated carbocycles. The number of nitrogens with zero attached hydrogens (tertiary/aromatic N) is 1. The van der Waals surface area contributed by atoms with Crippen molar-refractivity contribution < 1.29 is 9.53 Å². The van der Waals surface area contributed by atoms with Gasteiger partial charge in [0.25, 0.3) is 0 Å². The lowest BCUT2D eigenvalue weighted by atomic mass is 9.99. The van der Waals surface area contributed by atoms with Gasteiger partial charge >= 0.3 is 6.09 Å². The summed E-state index contributed by atoms with van der Waals surface area (Å²) in [5.41, 5.74) is 6.94. The van der Waals surface area contributed by atoms with E-state index < -0.39 is 11.7 Å². The van der Waals surface area contributed by atoms with Crippen LogP contribution in [0, 0.1) is 5.92 Å². The van der Waals surface area contributed by atoms with E-state index in [4.69, 9.17) is 22.1 Å². The Bertz CT molecular complexity index is 571. The van der Waals surface area contributed by atoms with Crippen LogP contribution >= 0.6 is 11.6 Å². The number of anilines is 1. The van der Waals surface area contributed by atoms with Crippen molar-refractivity contribution in [3.63, 3.8) is 0 Å². The van der Waals surface area contributed by atoms with Crippen LogP contribution in [0.3, 0.4) is 0 Å². The maximum absolute atomic E-state index is 12.0. The molecule has 1 aromatic rings. The second-order valence-corrected chi connectivity index (χ2v) is 7.57. The Morgan fingerprint density at radius 3 is 2.74 bits per heavy atom. The van der Waals surface area contributed by atoms with Crippen molar-refractivity contribution >= 4 is 23.4 Å². The van der Waals surface area contributed by atoms with Gasteiger partial charge in [-0.3, -0.25) is 10.2 Å². The molecule has 1 amide bonds. The van der Waals surface area contributed by atoms with Gasteiger partial charge in [-0.25, -0.2) is 4.79 Å². The van der Waals surface area contributed by atoms with Crippen LogP contribution in [0.15, 0.2) is 18.2 Å². The van der Waals surface area contributed by atoms with E-state index in [1.165, 1.54) is 0 Å². The maximum Gasteiger partial charge on any atom is 0.412 e. The molecule has 1 saturated heterocycles. The summed E-state index contributed by atoms with van der Waals surface area (Å²) < 4.78 is 5.28. The van der Waals surface area contributed by atoms with Gasteiger partial charge in [-0.05, 0) is 64.4 Å². The molecule has 1 heterocycles. The molecule has 1 fully saturated rings. The number of ether oxygens (including phenoxy) is 1. The van der Waals surface area contributed by atoms with E-state index >= 15 is 0 Å². The number of carbonyl (C=O) groups is 1. The molecule has 2 rings (SSSR count). The summed E-state index contributed by atoms with van der Waals surface area (Å²) in [5, 5.41) is 3.23. The Kier molecular flexibility index (Phi) is 5.55. The van der Waals surface area contributed by atoms with Crippen molar-refractivity contribution in [3.8, 4) is 0 Å². The molecule has 23 heavy (non-hydrogen) atoms. The normalized spacial score (nSPS) is 22.2. The van der Waals surface area contributed by atoms with Crippen molar-refractivity contribution in [2.45, 2.75) is 38.8 Å². The van der Waals surface area contributed by atoms with Gasteiger partial charge < -0.3 is 10.5 Å². The zero-order valence-electron chi connectivity index (χ0n) is 14.2. The molecule has 0 spiro atoms. The smallest absolute Gasteiger partial charge is 0.412 e. The average molecular weight is 340 g/mol. The van der Waals surface area contributed by atoms with Crippen LogP contribution in [0.5, 0.6) is 0 Å². The number of benzene rings is 1. The summed E-state index contributed by atoms with van der Waals surface area (Å²) in [6.45, 7) is 7.15. The summed E-state index contributed by atoms with van der Waals surface area (Å²) in [5.74, 6) is 0.503. The van der Waals surface area contributed by atoms with E-state index in [0.717, 1.165) is 18.5 Å². The molecule has 0 aliphatic carbocycles. The molecule has 6 heteroatoms. The number of carbonyl (C=O) groups excluding carboxylic acids is 1. The molecule has 1 aliphatic heterocycles.